The van der Waals surface area contributed by atoms with Gasteiger partial charge in [-0.3, -0.25) is 0 Å². The Morgan fingerprint density at radius 2 is 1.48 bits per heavy atom. The highest BCUT2D eigenvalue weighted by molar-refractivity contribution is 7.13. The summed E-state index contributed by atoms with van der Waals surface area (Å²) in [6.45, 7) is 0. The van der Waals surface area contributed by atoms with Crippen LogP contribution in [0.3, 0.4) is 0 Å². The van der Waals surface area contributed by atoms with Crippen LogP contribution < -0.4 is 11.5 Å². The van der Waals surface area contributed by atoms with E-state index in [1.807, 2.05) is 0 Å². The van der Waals surface area contributed by atoms with E-state index in [0.717, 1.165) is 12.1 Å². The third-order valence-corrected chi connectivity index (χ3v) is 3.75. The molecule has 3 aromatic rings. The molecule has 23 heavy (non-hydrogen) atoms. The molecule has 0 fully saturated rings. The normalized spacial score (nSPS) is 11.6. The second-order valence-electron chi connectivity index (χ2n) is 4.49. The fourth-order valence-corrected chi connectivity index (χ4v) is 2.64. The van der Waals surface area contributed by atoms with Crippen LogP contribution in [0.1, 0.15) is 5.56 Å². The van der Waals surface area contributed by atoms with Gasteiger partial charge in [0.15, 0.2) is 5.82 Å². The minimum Gasteiger partial charge on any atom is -0.368 e. The zero-order valence-corrected chi connectivity index (χ0v) is 12.2. The van der Waals surface area contributed by atoms with Crippen LogP contribution in [0.2, 0.25) is 0 Å². The number of aromatic nitrogens is 4. The smallest absolute Gasteiger partial charge is 0.368 e. The van der Waals surface area contributed by atoms with E-state index in [1.165, 1.54) is 23.5 Å². The van der Waals surface area contributed by atoms with Crippen LogP contribution in [0.15, 0.2) is 29.6 Å². The zero-order chi connectivity index (χ0) is 16.6. The Hall–Kier alpha value is -2.75. The van der Waals surface area contributed by atoms with Crippen LogP contribution in [0.4, 0.5) is 25.1 Å². The lowest BCUT2D eigenvalue weighted by molar-refractivity contribution is -0.137. The highest BCUT2D eigenvalue weighted by Crippen LogP contribution is 2.32. The van der Waals surface area contributed by atoms with Gasteiger partial charge in [-0.2, -0.15) is 28.1 Å². The molecule has 0 saturated carbocycles. The molecule has 1 aromatic carbocycles. The summed E-state index contributed by atoms with van der Waals surface area (Å²) in [6.07, 6.45) is -4.37. The van der Waals surface area contributed by atoms with Gasteiger partial charge in [0.05, 0.1) is 5.56 Å². The van der Waals surface area contributed by atoms with Crippen molar-refractivity contribution in [1.82, 2.24) is 19.9 Å². The SMILES string of the molecule is Nc1nc(N)nc(-c2csc(-c3ccc(C(F)(F)F)cc3)n2)n1. The lowest BCUT2D eigenvalue weighted by Crippen LogP contribution is -2.04. The molecule has 2 heterocycles. The van der Waals surface area contributed by atoms with Gasteiger partial charge < -0.3 is 11.5 Å². The largest absolute Gasteiger partial charge is 0.416 e. The molecule has 0 aliphatic rings. The Morgan fingerprint density at radius 1 is 0.870 bits per heavy atom. The van der Waals surface area contributed by atoms with E-state index in [-0.39, 0.29) is 17.7 Å². The highest BCUT2D eigenvalue weighted by Gasteiger charge is 2.30. The van der Waals surface area contributed by atoms with Gasteiger partial charge >= 0.3 is 6.18 Å². The second kappa shape index (κ2) is 5.47. The van der Waals surface area contributed by atoms with Crippen LogP contribution in [0, 0.1) is 0 Å². The summed E-state index contributed by atoms with van der Waals surface area (Å²) in [6, 6.07) is 4.74. The van der Waals surface area contributed by atoms with Gasteiger partial charge in [-0.15, -0.1) is 11.3 Å². The van der Waals surface area contributed by atoms with Gasteiger partial charge in [-0.25, -0.2) is 4.98 Å². The van der Waals surface area contributed by atoms with E-state index < -0.39 is 11.7 Å². The molecule has 3 rings (SSSR count). The van der Waals surface area contributed by atoms with Crippen LogP contribution in [0.25, 0.3) is 22.1 Å². The van der Waals surface area contributed by atoms with Crippen molar-refractivity contribution in [3.63, 3.8) is 0 Å². The van der Waals surface area contributed by atoms with E-state index in [9.17, 15) is 13.2 Å². The molecule has 4 N–H and O–H groups in total. The molecule has 6 nitrogen and oxygen atoms in total. The zero-order valence-electron chi connectivity index (χ0n) is 11.4. The van der Waals surface area contributed by atoms with E-state index in [4.69, 9.17) is 11.5 Å². The van der Waals surface area contributed by atoms with Crippen molar-refractivity contribution in [2.75, 3.05) is 11.5 Å². The number of alkyl halides is 3. The quantitative estimate of drug-likeness (QED) is 0.744. The molecule has 0 aliphatic heterocycles. The predicted octanol–water partition coefficient (Wildman–Crippen LogP) is 2.85. The summed E-state index contributed by atoms with van der Waals surface area (Å²) in [4.78, 5) is 15.8. The molecule has 0 amide bonds. The van der Waals surface area contributed by atoms with Gasteiger partial charge in [-0.05, 0) is 12.1 Å². The van der Waals surface area contributed by atoms with E-state index in [1.54, 1.807) is 5.38 Å². The number of benzene rings is 1. The molecule has 0 spiro atoms. The molecule has 0 bridgehead atoms. The monoisotopic (exact) mass is 338 g/mol. The summed E-state index contributed by atoms with van der Waals surface area (Å²) in [5.74, 6) is 0.151. The molecule has 2 aromatic heterocycles. The van der Waals surface area contributed by atoms with Gasteiger partial charge in [-0.1, -0.05) is 12.1 Å². The Labute approximate surface area is 132 Å². The van der Waals surface area contributed by atoms with Crippen molar-refractivity contribution in [2.24, 2.45) is 0 Å². The van der Waals surface area contributed by atoms with Crippen molar-refractivity contribution in [3.8, 4) is 22.1 Å². The maximum atomic E-state index is 12.6. The minimum absolute atomic E-state index is 0.0309. The van der Waals surface area contributed by atoms with Gasteiger partial charge in [0.25, 0.3) is 0 Å². The Balaban J connectivity index is 1.92. The van der Waals surface area contributed by atoms with Crippen molar-refractivity contribution in [3.05, 3.63) is 35.2 Å². The average molecular weight is 338 g/mol. The van der Waals surface area contributed by atoms with Crippen molar-refractivity contribution in [2.45, 2.75) is 6.18 Å². The number of hydrogen-bond donors (Lipinski definition) is 2. The van der Waals surface area contributed by atoms with Crippen LogP contribution in [-0.2, 0) is 6.18 Å². The third-order valence-electron chi connectivity index (χ3n) is 2.86. The molecule has 118 valence electrons. The molecular weight excluding hydrogens is 329 g/mol. The van der Waals surface area contributed by atoms with E-state index in [0.29, 0.717) is 16.3 Å². The molecular formula is C13H9F3N6S. The van der Waals surface area contributed by atoms with E-state index >= 15 is 0 Å². The summed E-state index contributed by atoms with van der Waals surface area (Å²) in [5.41, 5.74) is 11.3. The first-order chi connectivity index (χ1) is 10.8. The molecule has 0 saturated heterocycles. The average Bonchev–Trinajstić information content (AvgIpc) is 2.95. The van der Waals surface area contributed by atoms with E-state index in [2.05, 4.69) is 19.9 Å². The predicted molar refractivity (Wildman–Crippen MR) is 80.2 cm³/mol. The first-order valence-corrected chi connectivity index (χ1v) is 7.11. The lowest BCUT2D eigenvalue weighted by atomic mass is 10.1. The first kappa shape index (κ1) is 15.2. The molecule has 0 unspecified atom stereocenters. The number of nitrogens with zero attached hydrogens (tertiary/aromatic N) is 4. The summed E-state index contributed by atoms with van der Waals surface area (Å²) >= 11 is 1.25. The number of nitrogen functional groups attached to an aromatic ring is 2. The Bertz CT molecular complexity index is 823. The van der Waals surface area contributed by atoms with Crippen molar-refractivity contribution >= 4 is 23.2 Å². The number of halogens is 3. The summed E-state index contributed by atoms with van der Waals surface area (Å²) < 4.78 is 37.7. The number of thiazole rings is 1. The molecule has 0 atom stereocenters. The van der Waals surface area contributed by atoms with Gasteiger partial charge in [0, 0.05) is 10.9 Å². The maximum Gasteiger partial charge on any atom is 0.416 e. The minimum atomic E-state index is -4.37. The summed E-state index contributed by atoms with van der Waals surface area (Å²) in [5, 5.41) is 2.20. The third kappa shape index (κ3) is 3.21. The fourth-order valence-electron chi connectivity index (χ4n) is 1.83. The number of rotatable bonds is 2. The topological polar surface area (TPSA) is 104 Å². The van der Waals surface area contributed by atoms with Gasteiger partial charge in [0.1, 0.15) is 10.7 Å². The molecule has 0 aliphatic carbocycles. The second-order valence-corrected chi connectivity index (χ2v) is 5.35. The number of anilines is 2. The lowest BCUT2D eigenvalue weighted by Gasteiger charge is -2.06. The van der Waals surface area contributed by atoms with Crippen molar-refractivity contribution < 1.29 is 13.2 Å². The Morgan fingerprint density at radius 3 is 2.04 bits per heavy atom. The highest BCUT2D eigenvalue weighted by atomic mass is 32.1. The van der Waals surface area contributed by atoms with Crippen LogP contribution in [0.5, 0.6) is 0 Å². The number of hydrogen-bond acceptors (Lipinski definition) is 7. The fraction of sp³-hybridized carbons (Fsp3) is 0.0769. The van der Waals surface area contributed by atoms with Gasteiger partial charge in [0.2, 0.25) is 11.9 Å². The standard InChI is InChI=1S/C13H9F3N6S/c14-13(15,16)7-3-1-6(2-4-7)10-19-8(5-23-10)9-20-11(17)22-12(18)21-9/h1-5H,(H4,17,18,20,21,22). The van der Waals surface area contributed by atoms with Crippen LogP contribution >= 0.6 is 11.3 Å². The number of nitrogens with two attached hydrogens (primary N) is 2. The van der Waals surface area contributed by atoms with Crippen LogP contribution in [-0.4, -0.2) is 19.9 Å². The summed E-state index contributed by atoms with van der Waals surface area (Å²) in [7, 11) is 0. The molecule has 10 heteroatoms. The maximum absolute atomic E-state index is 12.6. The Kier molecular flexibility index (Phi) is 3.60. The van der Waals surface area contributed by atoms with Crippen molar-refractivity contribution in [1.29, 1.82) is 0 Å². The first-order valence-electron chi connectivity index (χ1n) is 6.23. The molecule has 0 radical (unpaired) electrons.